The van der Waals surface area contributed by atoms with E-state index in [0.717, 1.165) is 24.1 Å². The van der Waals surface area contributed by atoms with Crippen molar-refractivity contribution in [2.45, 2.75) is 82.5 Å². The fourth-order valence-corrected chi connectivity index (χ4v) is 6.18. The maximum Gasteiger partial charge on any atom is 0.459 e. The molecule has 224 valence electrons. The summed E-state index contributed by atoms with van der Waals surface area (Å²) in [5.74, 6) is -2.34. The molecule has 6 atom stereocenters. The van der Waals surface area contributed by atoms with Crippen LogP contribution in [0.5, 0.6) is 5.75 Å². The molecule has 1 N–H and O–H groups in total. The fourth-order valence-electron chi connectivity index (χ4n) is 4.68. The molecule has 3 aliphatic rings. The molecular weight excluding hydrogens is 562 g/mol. The zero-order valence-corrected chi connectivity index (χ0v) is 23.8. The Morgan fingerprint density at radius 1 is 1.10 bits per heavy atom. The van der Waals surface area contributed by atoms with Crippen LogP contribution in [-0.2, 0) is 42.5 Å². The molecule has 0 bridgehead atoms. The van der Waals surface area contributed by atoms with Crippen molar-refractivity contribution in [1.82, 2.24) is 9.99 Å². The lowest BCUT2D eigenvalue weighted by molar-refractivity contribution is -0.158. The predicted molar refractivity (Wildman–Crippen MR) is 141 cm³/mol. The molecule has 1 aromatic rings. The number of nitrogens with one attached hydrogen (secondary N) is 1. The van der Waals surface area contributed by atoms with Gasteiger partial charge >= 0.3 is 19.7 Å². The summed E-state index contributed by atoms with van der Waals surface area (Å²) in [6, 6.07) is 6.94. The normalized spacial score (nSPS) is 34.4. The predicted octanol–water partition coefficient (Wildman–Crippen LogP) is 3.36. The van der Waals surface area contributed by atoms with Gasteiger partial charge in [-0.2, -0.15) is 5.09 Å². The number of halogens is 1. The second-order valence-corrected chi connectivity index (χ2v) is 11.9. The van der Waals surface area contributed by atoms with Gasteiger partial charge in [-0.25, -0.2) is 8.96 Å². The fraction of sp³-hybridized carbons (Fsp3) is 0.556. The highest BCUT2D eigenvalue weighted by atomic mass is 31.2. The molecule has 4 rings (SSSR count). The van der Waals surface area contributed by atoms with Gasteiger partial charge in [0, 0.05) is 12.6 Å². The van der Waals surface area contributed by atoms with Gasteiger partial charge in [-0.15, -0.1) is 0 Å². The number of para-hydroxylation sites is 1. The van der Waals surface area contributed by atoms with Crippen LogP contribution in [0.25, 0.3) is 0 Å². The molecule has 2 saturated heterocycles. The molecule has 0 spiro atoms. The van der Waals surface area contributed by atoms with Crippen molar-refractivity contribution in [2.75, 3.05) is 13.2 Å². The van der Waals surface area contributed by atoms with Crippen molar-refractivity contribution in [3.63, 3.8) is 0 Å². The zero-order valence-electron chi connectivity index (χ0n) is 22.9. The van der Waals surface area contributed by atoms with E-state index in [4.69, 9.17) is 23.3 Å². The van der Waals surface area contributed by atoms with Gasteiger partial charge in [-0.1, -0.05) is 31.0 Å². The number of allylic oxidation sites excluding steroid dienone is 1. The van der Waals surface area contributed by atoms with Gasteiger partial charge in [-0.3, -0.25) is 28.6 Å². The minimum atomic E-state index is -4.35. The minimum absolute atomic E-state index is 0.00411. The van der Waals surface area contributed by atoms with Crippen LogP contribution < -0.4 is 9.61 Å². The Morgan fingerprint density at radius 2 is 1.83 bits per heavy atom. The molecule has 0 saturated carbocycles. The molecule has 0 aliphatic carbocycles. The number of hydrogen-bond acceptors (Lipinski definition) is 10. The molecule has 0 radical (unpaired) electrons. The maximum absolute atomic E-state index is 16.4. The largest absolute Gasteiger partial charge is 0.465 e. The van der Waals surface area contributed by atoms with Crippen LogP contribution in [-0.4, -0.2) is 71.9 Å². The first-order valence-electron chi connectivity index (χ1n) is 13.5. The summed E-state index contributed by atoms with van der Waals surface area (Å²) >= 11 is 0. The number of carbonyl (C=O) groups excluding carboxylic acids is 4. The smallest absolute Gasteiger partial charge is 0.459 e. The quantitative estimate of drug-likeness (QED) is 0.311. The van der Waals surface area contributed by atoms with Crippen LogP contribution in [0.4, 0.5) is 4.39 Å². The maximum atomic E-state index is 16.4. The number of rotatable bonds is 3. The lowest BCUT2D eigenvalue weighted by Crippen LogP contribution is -2.52. The number of amides is 1. The van der Waals surface area contributed by atoms with E-state index < -0.39 is 74.5 Å². The summed E-state index contributed by atoms with van der Waals surface area (Å²) in [6.45, 7) is 2.07. The van der Waals surface area contributed by atoms with Gasteiger partial charge in [0.25, 0.3) is 0 Å². The SMILES string of the molecule is C[C@@H]1N[P@](=O)(Oc2ccccc2)OC[C@H]2O[C@@H](N3C=CC(=O)CC3=O)[C@](C)(F)[C@@H]2OC(=O)CCCCCCOC1=O. The average molecular weight is 597 g/mol. The zero-order chi connectivity index (χ0) is 29.6. The Hall–Kier alpha value is -3.12. The van der Waals surface area contributed by atoms with Crippen LogP contribution >= 0.6 is 7.75 Å². The number of hydrogen-bond donors (Lipinski definition) is 1. The van der Waals surface area contributed by atoms with Gasteiger partial charge in [0.1, 0.15) is 17.9 Å². The Bertz CT molecular complexity index is 1210. The summed E-state index contributed by atoms with van der Waals surface area (Å²) in [7, 11) is -4.35. The highest BCUT2D eigenvalue weighted by Gasteiger charge is 2.60. The number of alkyl halides is 1. The standard InChI is InChI=1S/C27H34FN2O10P/c1-18-25(34)36-15-9-4-3-8-12-23(33)39-24-21(17-37-41(35,29-18)40-20-10-6-5-7-11-20)38-26(27(24,2)28)30-14-13-19(31)16-22(30)32/h5-7,10-11,13-14,18,21,24,26H,3-4,8-9,12,15-17H2,1-2H3,(H,29,35)/t18-,21+,24+,26+,27+,41+/m0/s1. The van der Waals surface area contributed by atoms with E-state index in [9.17, 15) is 23.7 Å². The number of esters is 2. The molecule has 41 heavy (non-hydrogen) atoms. The van der Waals surface area contributed by atoms with Crippen molar-refractivity contribution < 1.29 is 51.4 Å². The van der Waals surface area contributed by atoms with Crippen molar-refractivity contribution in [3.8, 4) is 5.75 Å². The molecule has 3 heterocycles. The first kappa shape index (κ1) is 30.8. The first-order valence-corrected chi connectivity index (χ1v) is 15.0. The third kappa shape index (κ3) is 7.79. The number of ether oxygens (including phenoxy) is 3. The van der Waals surface area contributed by atoms with E-state index in [2.05, 4.69) is 5.09 Å². The Labute approximate surface area is 237 Å². The van der Waals surface area contributed by atoms with E-state index in [1.807, 2.05) is 0 Å². The number of ketones is 1. The van der Waals surface area contributed by atoms with Crippen LogP contribution in [0.15, 0.2) is 42.6 Å². The van der Waals surface area contributed by atoms with Crippen LogP contribution in [0.2, 0.25) is 0 Å². The molecule has 12 nitrogen and oxygen atoms in total. The molecule has 14 heteroatoms. The van der Waals surface area contributed by atoms with Gasteiger partial charge in [0.15, 0.2) is 23.8 Å². The third-order valence-corrected chi connectivity index (χ3v) is 8.47. The Balaban J connectivity index is 1.63. The molecule has 1 aromatic carbocycles. The van der Waals surface area contributed by atoms with E-state index in [1.165, 1.54) is 19.1 Å². The van der Waals surface area contributed by atoms with Gasteiger partial charge in [0.2, 0.25) is 5.91 Å². The van der Waals surface area contributed by atoms with Crippen LogP contribution in [0, 0.1) is 0 Å². The van der Waals surface area contributed by atoms with Crippen molar-refractivity contribution in [1.29, 1.82) is 0 Å². The monoisotopic (exact) mass is 596 g/mol. The van der Waals surface area contributed by atoms with Crippen molar-refractivity contribution in [2.24, 2.45) is 0 Å². The van der Waals surface area contributed by atoms with Gasteiger partial charge in [0.05, 0.1) is 19.6 Å². The molecule has 2 fully saturated rings. The van der Waals surface area contributed by atoms with E-state index >= 15 is 4.39 Å². The molecule has 1 amide bonds. The average Bonchev–Trinajstić information content (AvgIpc) is 3.16. The second-order valence-electron chi connectivity index (χ2n) is 10.2. The highest BCUT2D eigenvalue weighted by Crippen LogP contribution is 2.47. The summed E-state index contributed by atoms with van der Waals surface area (Å²) < 4.78 is 58.2. The van der Waals surface area contributed by atoms with Crippen molar-refractivity contribution >= 4 is 31.4 Å². The number of carbonyl (C=O) groups is 4. The van der Waals surface area contributed by atoms with E-state index in [1.54, 1.807) is 18.2 Å². The number of fused-ring (bicyclic) bond motifs is 1. The van der Waals surface area contributed by atoms with Gasteiger partial charge < -0.3 is 18.7 Å². The number of nitrogens with zero attached hydrogens (tertiary/aromatic N) is 1. The first-order chi connectivity index (χ1) is 19.5. The summed E-state index contributed by atoms with van der Waals surface area (Å²) in [5.41, 5.74) is -2.44. The molecule has 0 unspecified atom stereocenters. The summed E-state index contributed by atoms with van der Waals surface area (Å²) in [5, 5.41) is 2.55. The van der Waals surface area contributed by atoms with Crippen LogP contribution in [0.1, 0.15) is 52.4 Å². The molecular formula is C27H34FN2O10P. The third-order valence-electron chi connectivity index (χ3n) is 6.83. The van der Waals surface area contributed by atoms with Crippen LogP contribution in [0.3, 0.4) is 0 Å². The molecule has 0 aromatic heterocycles. The molecule has 3 aliphatic heterocycles. The van der Waals surface area contributed by atoms with Gasteiger partial charge in [-0.05, 0) is 44.9 Å². The lowest BCUT2D eigenvalue weighted by atomic mass is 9.97. The highest BCUT2D eigenvalue weighted by molar-refractivity contribution is 7.52. The number of cyclic esters (lactones) is 1. The lowest BCUT2D eigenvalue weighted by Gasteiger charge is -2.33. The Morgan fingerprint density at radius 3 is 2.56 bits per heavy atom. The number of benzene rings is 1. The Kier molecular flexibility index (Phi) is 9.96. The van der Waals surface area contributed by atoms with Crippen molar-refractivity contribution in [3.05, 3.63) is 42.6 Å². The van der Waals surface area contributed by atoms with E-state index in [-0.39, 0.29) is 18.8 Å². The second kappa shape index (κ2) is 13.2. The summed E-state index contributed by atoms with van der Waals surface area (Å²) in [4.78, 5) is 50.5. The topological polar surface area (TPSA) is 147 Å². The summed E-state index contributed by atoms with van der Waals surface area (Å²) in [6.07, 6.45) is -0.401. The minimum Gasteiger partial charge on any atom is -0.465 e. The van der Waals surface area contributed by atoms with E-state index in [0.29, 0.717) is 25.7 Å².